The molecule has 0 heterocycles. The minimum Gasteiger partial charge on any atom is -0.468 e. The van der Waals surface area contributed by atoms with Crippen LogP contribution in [-0.2, 0) is 19.1 Å². The lowest BCUT2D eigenvalue weighted by molar-refractivity contribution is -0.171. The zero-order valence-electron chi connectivity index (χ0n) is 10.7. The van der Waals surface area contributed by atoms with Crippen LogP contribution in [0.5, 0.6) is 0 Å². The van der Waals surface area contributed by atoms with E-state index in [-0.39, 0.29) is 6.61 Å². The summed E-state index contributed by atoms with van der Waals surface area (Å²) in [6, 6.07) is 0. The number of esters is 2. The molecule has 0 spiro atoms. The summed E-state index contributed by atoms with van der Waals surface area (Å²) in [5.74, 6) is -0.945. The molecule has 0 radical (unpaired) electrons. The van der Waals surface area contributed by atoms with Crippen molar-refractivity contribution in [1.82, 2.24) is 0 Å². The molecule has 1 unspecified atom stereocenters. The second kappa shape index (κ2) is 7.25. The van der Waals surface area contributed by atoms with Gasteiger partial charge in [0.25, 0.3) is 0 Å². The Bertz CT molecular complexity index is 237. The van der Waals surface area contributed by atoms with Crippen molar-refractivity contribution in [2.75, 3.05) is 13.7 Å². The zero-order chi connectivity index (χ0) is 12.6. The SMILES string of the molecule is CCCCC(CC)(C(=O)OC)C(=O)OCC. The smallest absolute Gasteiger partial charge is 0.323 e. The molecule has 4 heteroatoms. The van der Waals surface area contributed by atoms with Gasteiger partial charge < -0.3 is 9.47 Å². The van der Waals surface area contributed by atoms with Crippen LogP contribution in [0.1, 0.15) is 46.5 Å². The second-order valence-electron chi connectivity index (χ2n) is 3.75. The molecular formula is C12H22O4. The van der Waals surface area contributed by atoms with Gasteiger partial charge in [-0.15, -0.1) is 0 Å². The highest BCUT2D eigenvalue weighted by Crippen LogP contribution is 2.32. The third kappa shape index (κ3) is 3.22. The van der Waals surface area contributed by atoms with Gasteiger partial charge in [0.15, 0.2) is 5.41 Å². The average Bonchev–Trinajstić information content (AvgIpc) is 2.30. The Morgan fingerprint density at radius 3 is 2.12 bits per heavy atom. The Hall–Kier alpha value is -1.06. The van der Waals surface area contributed by atoms with E-state index in [0.717, 1.165) is 12.8 Å². The van der Waals surface area contributed by atoms with Gasteiger partial charge in [-0.05, 0) is 19.8 Å². The largest absolute Gasteiger partial charge is 0.468 e. The van der Waals surface area contributed by atoms with Crippen molar-refractivity contribution in [2.45, 2.75) is 46.5 Å². The number of rotatable bonds is 7. The molecule has 0 aromatic rings. The summed E-state index contributed by atoms with van der Waals surface area (Å²) >= 11 is 0. The van der Waals surface area contributed by atoms with Crippen molar-refractivity contribution >= 4 is 11.9 Å². The molecule has 0 saturated heterocycles. The Balaban J connectivity index is 4.94. The van der Waals surface area contributed by atoms with E-state index in [1.54, 1.807) is 6.92 Å². The Labute approximate surface area is 97.3 Å². The molecule has 0 aliphatic carbocycles. The van der Waals surface area contributed by atoms with E-state index in [4.69, 9.17) is 9.47 Å². The molecule has 0 aliphatic rings. The first-order valence-electron chi connectivity index (χ1n) is 5.84. The van der Waals surface area contributed by atoms with E-state index in [2.05, 4.69) is 0 Å². The van der Waals surface area contributed by atoms with E-state index < -0.39 is 17.4 Å². The van der Waals surface area contributed by atoms with Gasteiger partial charge in [-0.25, -0.2) is 0 Å². The molecule has 0 amide bonds. The van der Waals surface area contributed by atoms with Crippen LogP contribution in [0.25, 0.3) is 0 Å². The van der Waals surface area contributed by atoms with Gasteiger partial charge in [0, 0.05) is 0 Å². The van der Waals surface area contributed by atoms with Gasteiger partial charge in [0.2, 0.25) is 0 Å². The van der Waals surface area contributed by atoms with Gasteiger partial charge in [0.1, 0.15) is 0 Å². The van der Waals surface area contributed by atoms with Crippen LogP contribution in [0, 0.1) is 5.41 Å². The molecule has 0 aromatic carbocycles. The number of methoxy groups -OCH3 is 1. The van der Waals surface area contributed by atoms with E-state index in [9.17, 15) is 9.59 Å². The summed E-state index contributed by atoms with van der Waals surface area (Å²) < 4.78 is 9.71. The number of hydrogen-bond donors (Lipinski definition) is 0. The van der Waals surface area contributed by atoms with Gasteiger partial charge in [-0.1, -0.05) is 26.7 Å². The summed E-state index contributed by atoms with van der Waals surface area (Å²) in [5.41, 5.74) is -1.11. The first-order valence-corrected chi connectivity index (χ1v) is 5.84. The van der Waals surface area contributed by atoms with E-state index in [1.807, 2.05) is 13.8 Å². The molecule has 94 valence electrons. The number of carbonyl (C=O) groups excluding carboxylic acids is 2. The molecular weight excluding hydrogens is 208 g/mol. The van der Waals surface area contributed by atoms with Gasteiger partial charge in [-0.3, -0.25) is 9.59 Å². The second-order valence-corrected chi connectivity index (χ2v) is 3.75. The van der Waals surface area contributed by atoms with Crippen molar-refractivity contribution in [3.8, 4) is 0 Å². The number of carbonyl (C=O) groups is 2. The van der Waals surface area contributed by atoms with Crippen molar-refractivity contribution in [3.63, 3.8) is 0 Å². The Morgan fingerprint density at radius 1 is 1.12 bits per heavy atom. The van der Waals surface area contributed by atoms with Crippen molar-refractivity contribution < 1.29 is 19.1 Å². The highest BCUT2D eigenvalue weighted by molar-refractivity contribution is 5.99. The highest BCUT2D eigenvalue weighted by Gasteiger charge is 2.46. The Morgan fingerprint density at radius 2 is 1.75 bits per heavy atom. The topological polar surface area (TPSA) is 52.6 Å². The van der Waals surface area contributed by atoms with Crippen molar-refractivity contribution in [1.29, 1.82) is 0 Å². The predicted molar refractivity (Wildman–Crippen MR) is 60.9 cm³/mol. The summed E-state index contributed by atoms with van der Waals surface area (Å²) in [6.07, 6.45) is 2.64. The van der Waals surface area contributed by atoms with Crippen LogP contribution >= 0.6 is 0 Å². The van der Waals surface area contributed by atoms with Crippen LogP contribution in [0.2, 0.25) is 0 Å². The minimum atomic E-state index is -1.11. The first-order chi connectivity index (χ1) is 7.58. The quantitative estimate of drug-likeness (QED) is 0.497. The summed E-state index contributed by atoms with van der Waals surface area (Å²) in [7, 11) is 1.30. The summed E-state index contributed by atoms with van der Waals surface area (Å²) in [5, 5.41) is 0. The lowest BCUT2D eigenvalue weighted by Crippen LogP contribution is -2.41. The van der Waals surface area contributed by atoms with Gasteiger partial charge in [-0.2, -0.15) is 0 Å². The van der Waals surface area contributed by atoms with Crippen molar-refractivity contribution in [3.05, 3.63) is 0 Å². The maximum absolute atomic E-state index is 11.9. The molecule has 0 aliphatic heterocycles. The Kier molecular flexibility index (Phi) is 6.77. The normalized spacial score (nSPS) is 14.0. The third-order valence-corrected chi connectivity index (χ3v) is 2.80. The molecule has 16 heavy (non-hydrogen) atoms. The first kappa shape index (κ1) is 14.9. The number of unbranched alkanes of at least 4 members (excludes halogenated alkanes) is 1. The van der Waals surface area contributed by atoms with Crippen LogP contribution in [-0.4, -0.2) is 25.7 Å². The molecule has 0 N–H and O–H groups in total. The summed E-state index contributed by atoms with van der Waals surface area (Å²) in [6.45, 7) is 5.84. The fraction of sp³-hybridized carbons (Fsp3) is 0.833. The van der Waals surface area contributed by atoms with Crippen LogP contribution in [0.4, 0.5) is 0 Å². The van der Waals surface area contributed by atoms with Crippen LogP contribution in [0.3, 0.4) is 0 Å². The molecule has 0 rings (SSSR count). The van der Waals surface area contributed by atoms with E-state index >= 15 is 0 Å². The fourth-order valence-electron chi connectivity index (χ4n) is 1.70. The highest BCUT2D eigenvalue weighted by atomic mass is 16.6. The number of ether oxygens (including phenoxy) is 2. The van der Waals surface area contributed by atoms with Crippen LogP contribution < -0.4 is 0 Å². The molecule has 0 saturated carbocycles. The van der Waals surface area contributed by atoms with E-state index in [1.165, 1.54) is 7.11 Å². The summed E-state index contributed by atoms with van der Waals surface area (Å²) in [4.78, 5) is 23.6. The maximum atomic E-state index is 11.9. The fourth-order valence-corrected chi connectivity index (χ4v) is 1.70. The van der Waals surface area contributed by atoms with Gasteiger partial charge >= 0.3 is 11.9 Å². The molecule has 4 nitrogen and oxygen atoms in total. The molecule has 0 fully saturated rings. The number of hydrogen-bond acceptors (Lipinski definition) is 4. The predicted octanol–water partition coefficient (Wildman–Crippen LogP) is 2.31. The van der Waals surface area contributed by atoms with E-state index in [0.29, 0.717) is 12.8 Å². The maximum Gasteiger partial charge on any atom is 0.323 e. The molecule has 0 bridgehead atoms. The lowest BCUT2D eigenvalue weighted by atomic mass is 9.80. The minimum absolute atomic E-state index is 0.281. The average molecular weight is 230 g/mol. The van der Waals surface area contributed by atoms with Crippen molar-refractivity contribution in [2.24, 2.45) is 5.41 Å². The molecule has 0 aromatic heterocycles. The monoisotopic (exact) mass is 230 g/mol. The third-order valence-electron chi connectivity index (χ3n) is 2.80. The lowest BCUT2D eigenvalue weighted by Gasteiger charge is -2.27. The standard InChI is InChI=1S/C12H22O4/c1-5-8-9-12(6-2,10(13)15-4)11(14)16-7-3/h5-9H2,1-4H3. The van der Waals surface area contributed by atoms with Gasteiger partial charge in [0.05, 0.1) is 13.7 Å². The molecule has 1 atom stereocenters. The van der Waals surface area contributed by atoms with Crippen LogP contribution in [0.15, 0.2) is 0 Å². The zero-order valence-corrected chi connectivity index (χ0v) is 10.7.